The first-order chi connectivity index (χ1) is 38.0. The number of ketones is 2. The number of carbonyl (C=O) groups is 4. The minimum atomic E-state index is -4.03. The molecule has 0 saturated carbocycles. The summed E-state index contributed by atoms with van der Waals surface area (Å²) in [4.78, 5) is 45.0. The van der Waals surface area contributed by atoms with E-state index >= 15 is 0 Å². The predicted octanol–water partition coefficient (Wildman–Crippen LogP) is 7.69. The molecule has 20 nitrogen and oxygen atoms in total. The Morgan fingerprint density at radius 2 is 1.00 bits per heavy atom. The topological polar surface area (TPSA) is 303 Å². The van der Waals surface area contributed by atoms with Crippen molar-refractivity contribution in [1.29, 1.82) is 0 Å². The second-order valence-corrected chi connectivity index (χ2v) is 27.1. The van der Waals surface area contributed by atoms with Gasteiger partial charge in [-0.2, -0.15) is 8.61 Å². The standard InChI is InChI=1S/C20H21Cl2N3O4S.C11H11Cl2NO4S.C9H12N2O.C6H3Cl3O3S.C5H9NO/c21-15-10-16(22)19(27)17(11-15)30(28,29)25-8-6-20(7-9-25)23-18(26)13-24(20)12-14-4-2-1-3-5-14;12-7-5-9(13)11(16)10(6-7)19(17,18)14-3-1-8(15)2-4-14;10-9(12)7-11-6-8-4-2-1-3-5-8;7-3-1-4(8)6(10)5(2-3)13(9,11)12;7-5-1-3-6-4-2-5/h1-5,10-11,27H,6-9,12-13H2,(H,23,26);5-6,16H,1-4H2;1-5,11H,6-7H2,(H2,10,12);1-2,10H;6H,1-4H2. The fourth-order valence-electron chi connectivity index (χ4n) is 8.34. The number of halogens is 7. The van der Waals surface area contributed by atoms with Gasteiger partial charge in [0.1, 0.15) is 26.3 Å². The van der Waals surface area contributed by atoms with Gasteiger partial charge in [0.15, 0.2) is 17.2 Å². The first kappa shape index (κ1) is 67.3. The summed E-state index contributed by atoms with van der Waals surface area (Å²) in [5.74, 6) is -1.60. The van der Waals surface area contributed by atoms with Crippen molar-refractivity contribution in [3.63, 3.8) is 0 Å². The van der Waals surface area contributed by atoms with Crippen LogP contribution < -0.4 is 21.7 Å². The third-order valence-corrected chi connectivity index (χ3v) is 19.1. The molecule has 0 radical (unpaired) electrons. The number of hydrogen-bond donors (Lipinski definition) is 7. The molecule has 81 heavy (non-hydrogen) atoms. The van der Waals surface area contributed by atoms with Crippen molar-refractivity contribution in [2.45, 2.75) is 72.0 Å². The van der Waals surface area contributed by atoms with Crippen LogP contribution in [0.1, 0.15) is 49.7 Å². The fourth-order valence-corrected chi connectivity index (χ4v) is 14.3. The average Bonchev–Trinajstić information content (AvgIpc) is 3.94. The van der Waals surface area contributed by atoms with Crippen molar-refractivity contribution in [1.82, 2.24) is 29.5 Å². The van der Waals surface area contributed by atoms with Gasteiger partial charge < -0.3 is 37.0 Å². The Balaban J connectivity index is 0.000000202. The number of Topliss-reactive ketones (excluding diaryl/α,β-unsaturated/α-hetero) is 2. The van der Waals surface area contributed by atoms with Crippen molar-refractivity contribution in [3.8, 4) is 17.2 Å². The lowest BCUT2D eigenvalue weighted by Crippen LogP contribution is -2.58. The highest BCUT2D eigenvalue weighted by molar-refractivity contribution is 8.13. The maximum Gasteiger partial charge on any atom is 0.265 e. The molecule has 0 unspecified atom stereocenters. The van der Waals surface area contributed by atoms with Gasteiger partial charge in [-0.1, -0.05) is 130 Å². The molecular formula is C51H56Cl7N7O13S3. The first-order valence-corrected chi connectivity index (χ1v) is 31.9. The molecule has 4 heterocycles. The summed E-state index contributed by atoms with van der Waals surface area (Å²) in [6.45, 7) is 4.14. The molecule has 0 bridgehead atoms. The molecule has 4 aliphatic heterocycles. The van der Waals surface area contributed by atoms with E-state index in [-0.39, 0.29) is 110 Å². The third kappa shape index (κ3) is 19.5. The number of nitrogens with two attached hydrogens (primary N) is 1. The largest absolute Gasteiger partial charge is 0.505 e. The second-order valence-electron chi connectivity index (χ2n) is 18.3. The normalized spacial score (nSPS) is 16.8. The summed E-state index contributed by atoms with van der Waals surface area (Å²) < 4.78 is 75.1. The zero-order valence-electron chi connectivity index (χ0n) is 42.8. The summed E-state index contributed by atoms with van der Waals surface area (Å²) in [6, 6.07) is 26.8. The summed E-state index contributed by atoms with van der Waals surface area (Å²) in [6.07, 6.45) is 2.68. The number of nitrogens with one attached hydrogen (secondary N) is 3. The van der Waals surface area contributed by atoms with E-state index in [0.717, 1.165) is 53.5 Å². The van der Waals surface area contributed by atoms with Gasteiger partial charge in [-0.3, -0.25) is 24.1 Å². The van der Waals surface area contributed by atoms with Gasteiger partial charge in [0.2, 0.25) is 31.9 Å². The molecule has 5 aromatic rings. The molecule has 4 fully saturated rings. The van der Waals surface area contributed by atoms with Crippen molar-refractivity contribution in [3.05, 3.63) is 138 Å². The molecule has 0 aromatic heterocycles. The predicted molar refractivity (Wildman–Crippen MR) is 311 cm³/mol. The number of hydrogen-bond acceptors (Lipinski definition) is 16. The van der Waals surface area contributed by atoms with Crippen molar-refractivity contribution in [2.75, 3.05) is 52.4 Å². The summed E-state index contributed by atoms with van der Waals surface area (Å²) in [7, 11) is -6.91. The average molecular weight is 1320 g/mol. The maximum absolute atomic E-state index is 13.1. The van der Waals surface area contributed by atoms with Gasteiger partial charge in [-0.25, -0.2) is 25.3 Å². The van der Waals surface area contributed by atoms with Crippen LogP contribution in [-0.2, 0) is 61.4 Å². The fraction of sp³-hybridized carbons (Fsp3) is 0.333. The van der Waals surface area contributed by atoms with Crippen LogP contribution in [0.3, 0.4) is 0 Å². The molecule has 4 saturated heterocycles. The summed E-state index contributed by atoms with van der Waals surface area (Å²) >= 11 is 34.3. The number of sulfonamides is 2. The number of nitrogens with zero attached hydrogens (tertiary/aromatic N) is 3. The van der Waals surface area contributed by atoms with E-state index in [1.165, 1.54) is 28.6 Å². The van der Waals surface area contributed by atoms with Crippen LogP contribution in [0.25, 0.3) is 0 Å². The Kier molecular flexibility index (Phi) is 25.2. The molecule has 2 amide bonds. The van der Waals surface area contributed by atoms with E-state index in [2.05, 4.69) is 20.9 Å². The van der Waals surface area contributed by atoms with Crippen molar-refractivity contribution < 1.29 is 59.8 Å². The Hall–Kier alpha value is -4.54. The summed E-state index contributed by atoms with van der Waals surface area (Å²) in [5, 5.41) is 38.2. The highest BCUT2D eigenvalue weighted by Crippen LogP contribution is 2.40. The minimum absolute atomic E-state index is 0.0276. The number of carbonyl (C=O) groups excluding carboxylic acids is 4. The van der Waals surface area contributed by atoms with Crippen molar-refractivity contribution >= 4 is 133 Å². The highest BCUT2D eigenvalue weighted by Gasteiger charge is 2.48. The summed E-state index contributed by atoms with van der Waals surface area (Å²) in [5.41, 5.74) is 6.60. The highest BCUT2D eigenvalue weighted by atomic mass is 35.7. The van der Waals surface area contributed by atoms with Crippen molar-refractivity contribution in [2.24, 2.45) is 5.73 Å². The maximum atomic E-state index is 13.1. The van der Waals surface area contributed by atoms with Crippen LogP contribution >= 0.6 is 80.3 Å². The number of aromatic hydroxyl groups is 3. The first-order valence-electron chi connectivity index (χ1n) is 24.4. The lowest BCUT2D eigenvalue weighted by atomic mass is 9.97. The molecule has 440 valence electrons. The third-order valence-electron chi connectivity index (χ3n) is 12.5. The zero-order valence-corrected chi connectivity index (χ0v) is 50.5. The molecule has 1 spiro atoms. The number of benzene rings is 5. The molecule has 8 N–H and O–H groups in total. The molecule has 0 aliphatic carbocycles. The number of piperidine rings is 3. The number of phenolic OH excluding ortho intramolecular Hbond substituents is 3. The van der Waals surface area contributed by atoms with E-state index in [9.17, 15) is 59.8 Å². The molecule has 5 aromatic carbocycles. The lowest BCUT2D eigenvalue weighted by Gasteiger charge is -2.43. The van der Waals surface area contributed by atoms with Gasteiger partial charge in [-0.05, 0) is 60.4 Å². The van der Waals surface area contributed by atoms with Crippen LogP contribution in [0.15, 0.2) is 112 Å². The monoisotopic (exact) mass is 1320 g/mol. The number of amides is 2. The van der Waals surface area contributed by atoms with Crippen LogP contribution in [-0.4, -0.2) is 135 Å². The van der Waals surface area contributed by atoms with Gasteiger partial charge >= 0.3 is 0 Å². The van der Waals surface area contributed by atoms with Gasteiger partial charge in [0, 0.05) is 104 Å². The molecular weight excluding hydrogens is 1260 g/mol. The number of primary amides is 1. The quantitative estimate of drug-likeness (QED) is 0.0623. The zero-order chi connectivity index (χ0) is 59.9. The van der Waals surface area contributed by atoms with Crippen LogP contribution in [0.2, 0.25) is 30.1 Å². The lowest BCUT2D eigenvalue weighted by molar-refractivity contribution is -0.121. The Labute approximate surface area is 503 Å². The van der Waals surface area contributed by atoms with E-state index < -0.39 is 56.9 Å². The van der Waals surface area contributed by atoms with Crippen LogP contribution in [0, 0.1) is 0 Å². The van der Waals surface area contributed by atoms with E-state index in [4.69, 9.17) is 86.0 Å². The minimum Gasteiger partial charge on any atom is -0.505 e. The Morgan fingerprint density at radius 1 is 0.593 bits per heavy atom. The molecule has 0 atom stereocenters. The SMILES string of the molecule is NC(=O)CNCc1ccccc1.O=C1CCN(S(=O)(=O)c2cc(Cl)cc(Cl)c2O)CC1.O=C1CCNCC1.O=C1CN(Cc2ccccc2)C2(CCN(S(=O)(=O)c3cc(Cl)cc(Cl)c3O)CC2)N1.O=S(=O)(Cl)c1cc(Cl)cc(Cl)c1O. The number of rotatable bonds is 11. The number of phenols is 3. The smallest absolute Gasteiger partial charge is 0.265 e. The van der Waals surface area contributed by atoms with Crippen LogP contribution in [0.4, 0.5) is 0 Å². The molecule has 30 heteroatoms. The molecule has 4 aliphatic rings. The van der Waals surface area contributed by atoms with E-state index in [1.807, 2.05) is 60.7 Å². The van der Waals surface area contributed by atoms with Gasteiger partial charge in [-0.15, -0.1) is 0 Å². The Morgan fingerprint density at radius 3 is 1.42 bits per heavy atom. The Bertz CT molecular complexity index is 3390. The second kappa shape index (κ2) is 30.3. The molecule has 9 rings (SSSR count). The van der Waals surface area contributed by atoms with Gasteiger partial charge in [0.05, 0.1) is 33.8 Å². The van der Waals surface area contributed by atoms with E-state index in [0.29, 0.717) is 31.7 Å². The van der Waals surface area contributed by atoms with E-state index in [1.54, 1.807) is 0 Å². The van der Waals surface area contributed by atoms with Gasteiger partial charge in [0.25, 0.3) is 9.05 Å². The van der Waals surface area contributed by atoms with Crippen LogP contribution in [0.5, 0.6) is 17.2 Å².